The first-order chi connectivity index (χ1) is 8.61. The van der Waals surface area contributed by atoms with E-state index in [-0.39, 0.29) is 12.0 Å². The fraction of sp³-hybridized carbons (Fsp3) is 0.462. The van der Waals surface area contributed by atoms with Crippen LogP contribution >= 0.6 is 31.9 Å². The molecule has 1 aliphatic heterocycles. The smallest absolute Gasteiger partial charge is 0.255 e. The number of halogens is 2. The molecule has 1 aromatic rings. The molecule has 0 N–H and O–H groups in total. The summed E-state index contributed by atoms with van der Waals surface area (Å²) in [6.07, 6.45) is 0.0897. The molecular weight excluding hydrogens is 362 g/mol. The van der Waals surface area contributed by atoms with Crippen LogP contribution in [-0.2, 0) is 4.74 Å². The molecule has 98 valence electrons. The molecule has 5 heteroatoms. The second kappa shape index (κ2) is 6.17. The van der Waals surface area contributed by atoms with Crippen molar-refractivity contribution in [3.05, 3.63) is 33.8 Å². The average molecular weight is 377 g/mol. The van der Waals surface area contributed by atoms with Crippen molar-refractivity contribution in [2.45, 2.75) is 13.0 Å². The Kier molecular flexibility index (Phi) is 4.81. The van der Waals surface area contributed by atoms with Crippen molar-refractivity contribution in [2.75, 3.05) is 25.0 Å². The van der Waals surface area contributed by atoms with Gasteiger partial charge in [-0.15, -0.1) is 0 Å². The molecule has 0 bridgehead atoms. The molecule has 18 heavy (non-hydrogen) atoms. The van der Waals surface area contributed by atoms with E-state index >= 15 is 0 Å². The maximum Gasteiger partial charge on any atom is 0.255 e. The van der Waals surface area contributed by atoms with Gasteiger partial charge in [-0.25, -0.2) is 0 Å². The number of hydrogen-bond donors (Lipinski definition) is 0. The molecule has 0 radical (unpaired) electrons. The van der Waals surface area contributed by atoms with E-state index in [1.165, 1.54) is 0 Å². The molecule has 0 aromatic heterocycles. The van der Waals surface area contributed by atoms with Crippen molar-refractivity contribution in [3.63, 3.8) is 0 Å². The fourth-order valence-corrected chi connectivity index (χ4v) is 3.02. The number of rotatable bonds is 2. The molecule has 1 atom stereocenters. The van der Waals surface area contributed by atoms with Crippen molar-refractivity contribution in [2.24, 2.45) is 0 Å². The summed E-state index contributed by atoms with van der Waals surface area (Å²) < 4.78 is 6.40. The number of amides is 1. The highest BCUT2D eigenvalue weighted by Gasteiger charge is 2.25. The summed E-state index contributed by atoms with van der Waals surface area (Å²) in [5.41, 5.74) is 1.86. The summed E-state index contributed by atoms with van der Waals surface area (Å²) in [7, 11) is 0. The fourth-order valence-electron chi connectivity index (χ4n) is 1.96. The van der Waals surface area contributed by atoms with Crippen LogP contribution in [-0.4, -0.2) is 41.9 Å². The number of morpholine rings is 1. The number of aryl methyl sites for hydroxylation is 1. The van der Waals surface area contributed by atoms with E-state index in [0.29, 0.717) is 19.7 Å². The lowest BCUT2D eigenvalue weighted by Gasteiger charge is -2.32. The largest absolute Gasteiger partial charge is 0.374 e. The zero-order chi connectivity index (χ0) is 13.1. The molecule has 1 saturated heterocycles. The Bertz CT molecular complexity index is 451. The van der Waals surface area contributed by atoms with Crippen LogP contribution in [0.25, 0.3) is 0 Å². The van der Waals surface area contributed by atoms with Crippen LogP contribution in [0.4, 0.5) is 0 Å². The summed E-state index contributed by atoms with van der Waals surface area (Å²) >= 11 is 6.85. The zero-order valence-corrected chi connectivity index (χ0v) is 13.3. The monoisotopic (exact) mass is 375 g/mol. The molecule has 0 saturated carbocycles. The van der Waals surface area contributed by atoms with Crippen LogP contribution < -0.4 is 0 Å². The van der Waals surface area contributed by atoms with Crippen LogP contribution in [0.2, 0.25) is 0 Å². The highest BCUT2D eigenvalue weighted by molar-refractivity contribution is 9.10. The minimum atomic E-state index is 0.0659. The van der Waals surface area contributed by atoms with E-state index in [2.05, 4.69) is 31.9 Å². The van der Waals surface area contributed by atoms with Crippen molar-refractivity contribution >= 4 is 37.8 Å². The van der Waals surface area contributed by atoms with E-state index in [1.807, 2.05) is 30.0 Å². The van der Waals surface area contributed by atoms with Crippen LogP contribution in [0.3, 0.4) is 0 Å². The van der Waals surface area contributed by atoms with E-state index in [0.717, 1.165) is 20.9 Å². The molecule has 1 aromatic carbocycles. The number of hydrogen-bond acceptors (Lipinski definition) is 2. The highest BCUT2D eigenvalue weighted by Crippen LogP contribution is 2.21. The molecule has 3 nitrogen and oxygen atoms in total. The first kappa shape index (κ1) is 14.0. The first-order valence-electron chi connectivity index (χ1n) is 5.85. The third-order valence-electron chi connectivity index (χ3n) is 2.95. The Morgan fingerprint density at radius 3 is 3.00 bits per heavy atom. The number of benzene rings is 1. The molecule has 0 aliphatic carbocycles. The highest BCUT2D eigenvalue weighted by atomic mass is 79.9. The maximum atomic E-state index is 12.4. The number of nitrogens with zero attached hydrogens (tertiary/aromatic N) is 1. The van der Waals surface area contributed by atoms with E-state index in [4.69, 9.17) is 4.74 Å². The summed E-state index contributed by atoms with van der Waals surface area (Å²) in [6.45, 7) is 3.91. The minimum Gasteiger partial charge on any atom is -0.374 e. The molecular formula is C13H15Br2NO2. The Morgan fingerprint density at radius 1 is 1.56 bits per heavy atom. The quantitative estimate of drug-likeness (QED) is 0.742. The topological polar surface area (TPSA) is 29.5 Å². The number of carbonyl (C=O) groups is 1. The van der Waals surface area contributed by atoms with Gasteiger partial charge in [0, 0.05) is 22.9 Å². The van der Waals surface area contributed by atoms with Crippen molar-refractivity contribution in [3.8, 4) is 0 Å². The summed E-state index contributed by atoms with van der Waals surface area (Å²) in [6, 6.07) is 5.80. The standard InChI is InChI=1S/C13H15Br2NO2/c1-9-2-3-11(12(15)6-9)13(17)16-4-5-18-10(7-14)8-16/h2-3,6,10H,4-5,7-8H2,1H3. The van der Waals surface area contributed by atoms with Crippen LogP contribution in [0.15, 0.2) is 22.7 Å². The lowest BCUT2D eigenvalue weighted by Crippen LogP contribution is -2.46. The van der Waals surface area contributed by atoms with Gasteiger partial charge in [-0.05, 0) is 40.5 Å². The summed E-state index contributed by atoms with van der Waals surface area (Å²) in [5, 5.41) is 0.756. The van der Waals surface area contributed by atoms with Gasteiger partial charge in [0.15, 0.2) is 0 Å². The van der Waals surface area contributed by atoms with Gasteiger partial charge >= 0.3 is 0 Å². The van der Waals surface area contributed by atoms with Gasteiger partial charge in [-0.3, -0.25) is 4.79 Å². The SMILES string of the molecule is Cc1ccc(C(=O)N2CCOC(CBr)C2)c(Br)c1. The van der Waals surface area contributed by atoms with Gasteiger partial charge in [0.05, 0.1) is 18.3 Å². The van der Waals surface area contributed by atoms with Gasteiger partial charge < -0.3 is 9.64 Å². The normalized spacial score (nSPS) is 19.9. The second-order valence-electron chi connectivity index (χ2n) is 4.38. The Balaban J connectivity index is 2.15. The summed E-state index contributed by atoms with van der Waals surface area (Å²) in [5.74, 6) is 0.0659. The van der Waals surface area contributed by atoms with Crippen LogP contribution in [0.5, 0.6) is 0 Å². The van der Waals surface area contributed by atoms with Gasteiger partial charge in [-0.1, -0.05) is 22.0 Å². The van der Waals surface area contributed by atoms with Crippen molar-refractivity contribution < 1.29 is 9.53 Å². The van der Waals surface area contributed by atoms with E-state index in [9.17, 15) is 4.79 Å². The molecule has 0 spiro atoms. The van der Waals surface area contributed by atoms with Gasteiger partial charge in [0.25, 0.3) is 5.91 Å². The van der Waals surface area contributed by atoms with Crippen molar-refractivity contribution in [1.29, 1.82) is 0 Å². The maximum absolute atomic E-state index is 12.4. The van der Waals surface area contributed by atoms with E-state index in [1.54, 1.807) is 0 Å². The van der Waals surface area contributed by atoms with Gasteiger partial charge in [0.1, 0.15) is 0 Å². The summed E-state index contributed by atoms with van der Waals surface area (Å²) in [4.78, 5) is 14.3. The lowest BCUT2D eigenvalue weighted by atomic mass is 10.1. The Morgan fingerprint density at radius 2 is 2.33 bits per heavy atom. The third kappa shape index (κ3) is 3.13. The molecule has 1 aliphatic rings. The Labute approximate surface area is 124 Å². The second-order valence-corrected chi connectivity index (χ2v) is 5.88. The predicted molar refractivity (Wildman–Crippen MR) is 78.3 cm³/mol. The first-order valence-corrected chi connectivity index (χ1v) is 7.76. The molecule has 1 unspecified atom stereocenters. The molecule has 1 heterocycles. The molecule has 1 fully saturated rings. The molecule has 2 rings (SSSR count). The number of alkyl halides is 1. The third-order valence-corrected chi connectivity index (χ3v) is 4.33. The van der Waals surface area contributed by atoms with Gasteiger partial charge in [0.2, 0.25) is 0 Å². The Hall–Kier alpha value is -0.390. The van der Waals surface area contributed by atoms with Crippen molar-refractivity contribution in [1.82, 2.24) is 4.90 Å². The lowest BCUT2D eigenvalue weighted by molar-refractivity contribution is -0.00968. The van der Waals surface area contributed by atoms with E-state index < -0.39 is 0 Å². The predicted octanol–water partition coefficient (Wildman–Crippen LogP) is 2.99. The number of ether oxygens (including phenoxy) is 1. The van der Waals surface area contributed by atoms with Gasteiger partial charge in [-0.2, -0.15) is 0 Å². The van der Waals surface area contributed by atoms with Crippen LogP contribution in [0.1, 0.15) is 15.9 Å². The number of carbonyl (C=O) groups excluding carboxylic acids is 1. The minimum absolute atomic E-state index is 0.0659. The van der Waals surface area contributed by atoms with Crippen LogP contribution in [0, 0.1) is 6.92 Å². The molecule has 1 amide bonds. The average Bonchev–Trinajstić information content (AvgIpc) is 2.38. The zero-order valence-electron chi connectivity index (χ0n) is 10.2.